The van der Waals surface area contributed by atoms with Crippen molar-refractivity contribution in [3.8, 4) is 5.75 Å². The summed E-state index contributed by atoms with van der Waals surface area (Å²) < 4.78 is 6.35. The van der Waals surface area contributed by atoms with E-state index in [0.29, 0.717) is 6.42 Å². The zero-order valence-electron chi connectivity index (χ0n) is 10.3. The average molecular weight is 300 g/mol. The fraction of sp³-hybridized carbons (Fsp3) is 0.462. The molecule has 0 aromatic heterocycles. The van der Waals surface area contributed by atoms with E-state index in [1.807, 2.05) is 12.1 Å². The van der Waals surface area contributed by atoms with Crippen molar-refractivity contribution in [3.05, 3.63) is 28.2 Å². The average Bonchev–Trinajstić information content (AvgIpc) is 2.28. The molecule has 0 unspecified atom stereocenters. The molecule has 17 heavy (non-hydrogen) atoms. The van der Waals surface area contributed by atoms with Crippen LogP contribution in [0.15, 0.2) is 22.7 Å². The van der Waals surface area contributed by atoms with E-state index < -0.39 is 0 Å². The van der Waals surface area contributed by atoms with Crippen molar-refractivity contribution in [1.29, 1.82) is 0 Å². The van der Waals surface area contributed by atoms with Gasteiger partial charge in [0.2, 0.25) is 0 Å². The molecule has 3 nitrogen and oxygen atoms in total. The number of ether oxygens (including phenoxy) is 1. The molecule has 0 saturated heterocycles. The van der Waals surface area contributed by atoms with E-state index in [-0.39, 0.29) is 5.78 Å². The number of carbonyl (C=O) groups excluding carboxylic acids is 1. The molecule has 0 heterocycles. The fourth-order valence-electron chi connectivity index (χ4n) is 1.56. The molecule has 0 aliphatic carbocycles. The lowest BCUT2D eigenvalue weighted by Crippen LogP contribution is -2.20. The lowest BCUT2D eigenvalue weighted by molar-refractivity contribution is -0.116. The zero-order valence-corrected chi connectivity index (χ0v) is 11.8. The van der Waals surface area contributed by atoms with Crippen LogP contribution in [0.4, 0.5) is 0 Å². The van der Waals surface area contributed by atoms with Crippen molar-refractivity contribution in [3.63, 3.8) is 0 Å². The maximum Gasteiger partial charge on any atom is 0.131 e. The Balaban J connectivity index is 2.40. The summed E-state index contributed by atoms with van der Waals surface area (Å²) in [4.78, 5) is 10.8. The Kier molecular flexibility index (Phi) is 6.22. The summed E-state index contributed by atoms with van der Waals surface area (Å²) in [7, 11) is 1.68. The highest BCUT2D eigenvalue weighted by molar-refractivity contribution is 9.10. The molecule has 1 aromatic carbocycles. The van der Waals surface area contributed by atoms with Gasteiger partial charge in [0, 0.05) is 17.4 Å². The number of hydrogen-bond acceptors (Lipinski definition) is 3. The highest BCUT2D eigenvalue weighted by Crippen LogP contribution is 2.22. The highest BCUT2D eigenvalue weighted by Gasteiger charge is 2.03. The van der Waals surface area contributed by atoms with Crippen molar-refractivity contribution >= 4 is 21.7 Å². The number of carbonyl (C=O) groups is 1. The van der Waals surface area contributed by atoms with Gasteiger partial charge in [0.1, 0.15) is 11.5 Å². The minimum Gasteiger partial charge on any atom is -0.496 e. The molecule has 4 heteroatoms. The maximum atomic E-state index is 10.8. The third-order valence-electron chi connectivity index (χ3n) is 2.47. The summed E-state index contributed by atoms with van der Waals surface area (Å²) >= 11 is 3.45. The van der Waals surface area contributed by atoms with E-state index in [1.165, 1.54) is 0 Å². The molecule has 0 fully saturated rings. The minimum absolute atomic E-state index is 0.220. The molecule has 1 aromatic rings. The number of rotatable bonds is 7. The van der Waals surface area contributed by atoms with Gasteiger partial charge in [-0.2, -0.15) is 0 Å². The Morgan fingerprint density at radius 3 is 2.82 bits per heavy atom. The summed E-state index contributed by atoms with van der Waals surface area (Å²) in [6.07, 6.45) is 1.48. The molecule has 0 saturated carbocycles. The van der Waals surface area contributed by atoms with Crippen LogP contribution < -0.4 is 10.1 Å². The molecule has 0 aliphatic heterocycles. The van der Waals surface area contributed by atoms with Crippen molar-refractivity contribution in [2.24, 2.45) is 0 Å². The summed E-state index contributed by atoms with van der Waals surface area (Å²) in [5.41, 5.74) is 1.16. The van der Waals surface area contributed by atoms with Gasteiger partial charge >= 0.3 is 0 Å². The number of Topliss-reactive ketones (excluding diaryl/α,β-unsaturated/α-hetero) is 1. The van der Waals surface area contributed by atoms with Gasteiger partial charge in [-0.05, 0) is 43.7 Å². The monoisotopic (exact) mass is 299 g/mol. The minimum atomic E-state index is 0.220. The summed E-state index contributed by atoms with van der Waals surface area (Å²) in [6.45, 7) is 3.20. The first-order valence-electron chi connectivity index (χ1n) is 5.66. The molecular weight excluding hydrogens is 282 g/mol. The van der Waals surface area contributed by atoms with Crippen LogP contribution in [0.5, 0.6) is 5.75 Å². The van der Waals surface area contributed by atoms with Gasteiger partial charge < -0.3 is 10.1 Å². The third kappa shape index (κ3) is 5.33. The lowest BCUT2D eigenvalue weighted by Gasteiger charge is -2.09. The first-order chi connectivity index (χ1) is 8.13. The molecule has 1 N–H and O–H groups in total. The van der Waals surface area contributed by atoms with Crippen molar-refractivity contribution in [2.75, 3.05) is 20.2 Å². The first-order valence-corrected chi connectivity index (χ1v) is 6.45. The second kappa shape index (κ2) is 7.45. The predicted octanol–water partition coefficient (Wildman–Crippen LogP) is 2.57. The van der Waals surface area contributed by atoms with E-state index >= 15 is 0 Å². The first kappa shape index (κ1) is 14.2. The van der Waals surface area contributed by atoms with Gasteiger partial charge in [-0.3, -0.25) is 4.79 Å². The molecular formula is C13H18BrNO2. The number of ketones is 1. The van der Waals surface area contributed by atoms with E-state index in [4.69, 9.17) is 4.74 Å². The Bertz CT molecular complexity index is 380. The van der Waals surface area contributed by atoms with E-state index in [0.717, 1.165) is 35.3 Å². The van der Waals surface area contributed by atoms with Crippen molar-refractivity contribution in [1.82, 2.24) is 5.32 Å². The Morgan fingerprint density at radius 2 is 2.18 bits per heavy atom. The molecule has 0 spiro atoms. The van der Waals surface area contributed by atoms with E-state index in [9.17, 15) is 4.79 Å². The normalized spacial score (nSPS) is 10.3. The number of nitrogens with one attached hydrogen (secondary N) is 1. The maximum absolute atomic E-state index is 10.8. The van der Waals surface area contributed by atoms with E-state index in [2.05, 4.69) is 27.3 Å². The van der Waals surface area contributed by atoms with Crippen LogP contribution >= 0.6 is 15.9 Å². The van der Waals surface area contributed by atoms with Crippen LogP contribution in [-0.2, 0) is 11.2 Å². The molecule has 0 atom stereocenters. The Morgan fingerprint density at radius 1 is 1.41 bits per heavy atom. The third-order valence-corrected chi connectivity index (χ3v) is 2.96. The van der Waals surface area contributed by atoms with Gasteiger partial charge in [-0.25, -0.2) is 0 Å². The second-order valence-corrected chi connectivity index (χ2v) is 4.82. The molecule has 0 amide bonds. The SMILES string of the molecule is COc1ccc(Br)cc1CCNCCC(C)=O. The van der Waals surface area contributed by atoms with Crippen LogP contribution in [0.1, 0.15) is 18.9 Å². The molecule has 0 bridgehead atoms. The van der Waals surface area contributed by atoms with Crippen molar-refractivity contribution in [2.45, 2.75) is 19.8 Å². The van der Waals surface area contributed by atoms with Gasteiger partial charge in [0.25, 0.3) is 0 Å². The van der Waals surface area contributed by atoms with Crippen LogP contribution in [0.25, 0.3) is 0 Å². The van der Waals surface area contributed by atoms with Crippen LogP contribution in [0, 0.1) is 0 Å². The molecule has 0 radical (unpaired) electrons. The molecule has 94 valence electrons. The quantitative estimate of drug-likeness (QED) is 0.787. The Labute approximate surface area is 111 Å². The van der Waals surface area contributed by atoms with Crippen LogP contribution in [-0.4, -0.2) is 26.0 Å². The number of halogens is 1. The molecule has 0 aliphatic rings. The topological polar surface area (TPSA) is 38.3 Å². The number of hydrogen-bond donors (Lipinski definition) is 1. The lowest BCUT2D eigenvalue weighted by atomic mass is 10.1. The van der Waals surface area contributed by atoms with Gasteiger partial charge in [0.15, 0.2) is 0 Å². The smallest absolute Gasteiger partial charge is 0.131 e. The fourth-order valence-corrected chi connectivity index (χ4v) is 1.96. The largest absolute Gasteiger partial charge is 0.496 e. The zero-order chi connectivity index (χ0) is 12.7. The standard InChI is InChI=1S/C13H18BrNO2/c1-10(16)5-7-15-8-6-11-9-12(14)3-4-13(11)17-2/h3-4,9,15H,5-8H2,1-2H3. The molecule has 1 rings (SSSR count). The summed E-state index contributed by atoms with van der Waals surface area (Å²) in [5.74, 6) is 1.12. The summed E-state index contributed by atoms with van der Waals surface area (Å²) in [5, 5.41) is 3.24. The number of methoxy groups -OCH3 is 1. The van der Waals surface area contributed by atoms with Gasteiger partial charge in [0.05, 0.1) is 7.11 Å². The Hall–Kier alpha value is -0.870. The highest BCUT2D eigenvalue weighted by atomic mass is 79.9. The second-order valence-electron chi connectivity index (χ2n) is 3.91. The summed E-state index contributed by atoms with van der Waals surface area (Å²) in [6, 6.07) is 5.98. The van der Waals surface area contributed by atoms with Gasteiger partial charge in [-0.15, -0.1) is 0 Å². The van der Waals surface area contributed by atoms with Crippen molar-refractivity contribution < 1.29 is 9.53 Å². The van der Waals surface area contributed by atoms with Gasteiger partial charge in [-0.1, -0.05) is 15.9 Å². The van der Waals surface area contributed by atoms with Crippen LogP contribution in [0.3, 0.4) is 0 Å². The van der Waals surface area contributed by atoms with E-state index in [1.54, 1.807) is 14.0 Å². The number of benzene rings is 1. The predicted molar refractivity (Wildman–Crippen MR) is 72.6 cm³/mol. The van der Waals surface area contributed by atoms with Crippen LogP contribution in [0.2, 0.25) is 0 Å².